The van der Waals surface area contributed by atoms with Gasteiger partial charge in [0.15, 0.2) is 0 Å². The fourth-order valence-corrected chi connectivity index (χ4v) is 3.38. The SMILES string of the molecule is CC1CCC(CCC(=O)Nc2ccccc2CN2CCOCC2)O1. The van der Waals surface area contributed by atoms with Gasteiger partial charge in [-0.3, -0.25) is 9.69 Å². The van der Waals surface area contributed by atoms with Crippen molar-refractivity contribution in [1.82, 2.24) is 4.90 Å². The summed E-state index contributed by atoms with van der Waals surface area (Å²) in [5.41, 5.74) is 2.09. The molecule has 2 aliphatic rings. The smallest absolute Gasteiger partial charge is 0.224 e. The van der Waals surface area contributed by atoms with Crippen molar-refractivity contribution in [3.8, 4) is 0 Å². The number of morpholine rings is 1. The van der Waals surface area contributed by atoms with Crippen molar-refractivity contribution in [3.05, 3.63) is 29.8 Å². The van der Waals surface area contributed by atoms with Gasteiger partial charge >= 0.3 is 0 Å². The van der Waals surface area contributed by atoms with Crippen LogP contribution in [0.25, 0.3) is 0 Å². The monoisotopic (exact) mass is 332 g/mol. The lowest BCUT2D eigenvalue weighted by Crippen LogP contribution is -2.35. The molecular formula is C19H28N2O3. The van der Waals surface area contributed by atoms with Gasteiger partial charge in [0.2, 0.25) is 5.91 Å². The van der Waals surface area contributed by atoms with Crippen molar-refractivity contribution in [2.24, 2.45) is 0 Å². The number of anilines is 1. The Bertz CT molecular complexity index is 543. The normalized spacial score (nSPS) is 24.9. The van der Waals surface area contributed by atoms with E-state index in [0.29, 0.717) is 12.5 Å². The summed E-state index contributed by atoms with van der Waals surface area (Å²) in [4.78, 5) is 14.7. The van der Waals surface area contributed by atoms with Crippen LogP contribution in [0.5, 0.6) is 0 Å². The van der Waals surface area contributed by atoms with E-state index in [-0.39, 0.29) is 12.0 Å². The Hall–Kier alpha value is -1.43. The highest BCUT2D eigenvalue weighted by atomic mass is 16.5. The first kappa shape index (κ1) is 17.4. The summed E-state index contributed by atoms with van der Waals surface area (Å²) in [7, 11) is 0. The molecule has 3 rings (SSSR count). The maximum Gasteiger partial charge on any atom is 0.224 e. The predicted molar refractivity (Wildman–Crippen MR) is 94.0 cm³/mol. The molecular weight excluding hydrogens is 304 g/mol. The summed E-state index contributed by atoms with van der Waals surface area (Å²) in [5, 5.41) is 3.08. The van der Waals surface area contributed by atoms with E-state index in [4.69, 9.17) is 9.47 Å². The van der Waals surface area contributed by atoms with Gasteiger partial charge in [0.25, 0.3) is 0 Å². The molecule has 1 amide bonds. The number of amides is 1. The molecule has 1 aromatic carbocycles. The minimum Gasteiger partial charge on any atom is -0.379 e. The lowest BCUT2D eigenvalue weighted by Gasteiger charge is -2.27. The highest BCUT2D eigenvalue weighted by Gasteiger charge is 2.22. The Labute approximate surface area is 144 Å². The third-order valence-corrected chi connectivity index (χ3v) is 4.80. The van der Waals surface area contributed by atoms with Crippen molar-refractivity contribution >= 4 is 11.6 Å². The van der Waals surface area contributed by atoms with Crippen LogP contribution in [0.15, 0.2) is 24.3 Å². The first-order valence-corrected chi connectivity index (χ1v) is 9.04. The molecule has 2 fully saturated rings. The van der Waals surface area contributed by atoms with Crippen LogP contribution in [-0.2, 0) is 20.8 Å². The summed E-state index contributed by atoms with van der Waals surface area (Å²) in [5.74, 6) is 0.0765. The Morgan fingerprint density at radius 2 is 2.04 bits per heavy atom. The Kier molecular flexibility index (Phi) is 6.24. The average molecular weight is 332 g/mol. The van der Waals surface area contributed by atoms with Crippen LogP contribution < -0.4 is 5.32 Å². The number of rotatable bonds is 6. The van der Waals surface area contributed by atoms with Gasteiger partial charge in [-0.2, -0.15) is 0 Å². The second kappa shape index (κ2) is 8.60. The molecule has 2 unspecified atom stereocenters. The van der Waals surface area contributed by atoms with Crippen LogP contribution in [0.4, 0.5) is 5.69 Å². The Morgan fingerprint density at radius 1 is 1.25 bits per heavy atom. The number of nitrogens with one attached hydrogen (secondary N) is 1. The molecule has 0 aromatic heterocycles. The maximum atomic E-state index is 12.3. The third-order valence-electron chi connectivity index (χ3n) is 4.80. The van der Waals surface area contributed by atoms with E-state index in [1.165, 1.54) is 5.56 Å². The maximum absolute atomic E-state index is 12.3. The Morgan fingerprint density at radius 3 is 2.79 bits per heavy atom. The molecule has 2 saturated heterocycles. The number of carbonyl (C=O) groups is 1. The van der Waals surface area contributed by atoms with Crippen molar-refractivity contribution in [2.75, 3.05) is 31.6 Å². The fourth-order valence-electron chi connectivity index (χ4n) is 3.38. The predicted octanol–water partition coefficient (Wildman–Crippen LogP) is 2.81. The van der Waals surface area contributed by atoms with Crippen molar-refractivity contribution in [2.45, 2.75) is 51.4 Å². The number of carbonyl (C=O) groups excluding carboxylic acids is 1. The van der Waals surface area contributed by atoms with Gasteiger partial charge in [-0.05, 0) is 37.8 Å². The number of ether oxygens (including phenoxy) is 2. The Balaban J connectivity index is 1.51. The van der Waals surface area contributed by atoms with E-state index in [9.17, 15) is 4.79 Å². The summed E-state index contributed by atoms with van der Waals surface area (Å²) >= 11 is 0. The number of benzene rings is 1. The summed E-state index contributed by atoms with van der Waals surface area (Å²) in [6.45, 7) is 6.41. The zero-order valence-electron chi connectivity index (χ0n) is 14.5. The molecule has 24 heavy (non-hydrogen) atoms. The minimum atomic E-state index is 0.0765. The van der Waals surface area contributed by atoms with E-state index in [1.807, 2.05) is 18.2 Å². The number of hydrogen-bond donors (Lipinski definition) is 1. The van der Waals surface area contributed by atoms with E-state index >= 15 is 0 Å². The van der Waals surface area contributed by atoms with E-state index in [0.717, 1.165) is 57.8 Å². The number of nitrogens with zero attached hydrogens (tertiary/aromatic N) is 1. The molecule has 1 aromatic rings. The van der Waals surface area contributed by atoms with Gasteiger partial charge in [-0.1, -0.05) is 18.2 Å². The molecule has 2 heterocycles. The van der Waals surface area contributed by atoms with Crippen molar-refractivity contribution < 1.29 is 14.3 Å². The van der Waals surface area contributed by atoms with Gasteiger partial charge in [-0.25, -0.2) is 0 Å². The second-order valence-corrected chi connectivity index (χ2v) is 6.78. The number of hydrogen-bond acceptors (Lipinski definition) is 4. The quantitative estimate of drug-likeness (QED) is 0.870. The minimum absolute atomic E-state index is 0.0765. The molecule has 0 spiro atoms. The molecule has 132 valence electrons. The fraction of sp³-hybridized carbons (Fsp3) is 0.632. The zero-order chi connectivity index (χ0) is 16.8. The molecule has 0 aliphatic carbocycles. The van der Waals surface area contributed by atoms with Crippen molar-refractivity contribution in [1.29, 1.82) is 0 Å². The third kappa shape index (κ3) is 5.03. The highest BCUT2D eigenvalue weighted by Crippen LogP contribution is 2.23. The molecule has 2 aliphatic heterocycles. The lowest BCUT2D eigenvalue weighted by atomic mass is 10.1. The van der Waals surface area contributed by atoms with E-state index < -0.39 is 0 Å². The summed E-state index contributed by atoms with van der Waals surface area (Å²) < 4.78 is 11.2. The first-order valence-electron chi connectivity index (χ1n) is 9.04. The molecule has 1 N–H and O–H groups in total. The molecule has 0 saturated carbocycles. The molecule has 5 nitrogen and oxygen atoms in total. The standard InChI is InChI=1S/C19H28N2O3/c1-15-6-7-17(24-15)8-9-19(22)20-18-5-3-2-4-16(18)14-21-10-12-23-13-11-21/h2-5,15,17H,6-14H2,1H3,(H,20,22). The van der Waals surface area contributed by atoms with Crippen LogP contribution in [0.3, 0.4) is 0 Å². The summed E-state index contributed by atoms with van der Waals surface area (Å²) in [6, 6.07) is 8.08. The van der Waals surface area contributed by atoms with Gasteiger partial charge < -0.3 is 14.8 Å². The van der Waals surface area contributed by atoms with Crippen LogP contribution >= 0.6 is 0 Å². The van der Waals surface area contributed by atoms with Crippen LogP contribution in [0.2, 0.25) is 0 Å². The molecule has 2 atom stereocenters. The molecule has 0 bridgehead atoms. The zero-order valence-corrected chi connectivity index (χ0v) is 14.5. The first-order chi connectivity index (χ1) is 11.7. The summed E-state index contributed by atoms with van der Waals surface area (Å²) in [6.07, 6.45) is 4.09. The lowest BCUT2D eigenvalue weighted by molar-refractivity contribution is -0.116. The van der Waals surface area contributed by atoms with Crippen LogP contribution in [0.1, 0.15) is 38.2 Å². The number of para-hydroxylation sites is 1. The topological polar surface area (TPSA) is 50.8 Å². The van der Waals surface area contributed by atoms with Gasteiger partial charge in [0, 0.05) is 31.7 Å². The van der Waals surface area contributed by atoms with Crippen molar-refractivity contribution in [3.63, 3.8) is 0 Å². The van der Waals surface area contributed by atoms with E-state index in [2.05, 4.69) is 23.2 Å². The molecule has 0 radical (unpaired) electrons. The van der Waals surface area contributed by atoms with Crippen LogP contribution in [0, 0.1) is 0 Å². The van der Waals surface area contributed by atoms with Crippen LogP contribution in [-0.4, -0.2) is 49.3 Å². The van der Waals surface area contributed by atoms with Gasteiger partial charge in [0.1, 0.15) is 0 Å². The van der Waals surface area contributed by atoms with E-state index in [1.54, 1.807) is 0 Å². The van der Waals surface area contributed by atoms with Gasteiger partial charge in [-0.15, -0.1) is 0 Å². The largest absolute Gasteiger partial charge is 0.379 e. The van der Waals surface area contributed by atoms with Gasteiger partial charge in [0.05, 0.1) is 25.4 Å². The molecule has 5 heteroatoms. The second-order valence-electron chi connectivity index (χ2n) is 6.78. The average Bonchev–Trinajstić information content (AvgIpc) is 3.01. The highest BCUT2D eigenvalue weighted by molar-refractivity contribution is 5.91.